The third kappa shape index (κ3) is 4.00. The Hall–Kier alpha value is -3.35. The first kappa shape index (κ1) is 17.5. The quantitative estimate of drug-likeness (QED) is 0.730. The smallest absolute Gasteiger partial charge is 0.274 e. The van der Waals surface area contributed by atoms with Gasteiger partial charge in [-0.1, -0.05) is 23.8 Å². The van der Waals surface area contributed by atoms with Crippen molar-refractivity contribution in [1.82, 2.24) is 9.97 Å². The summed E-state index contributed by atoms with van der Waals surface area (Å²) >= 11 is 0. The fourth-order valence-electron chi connectivity index (χ4n) is 2.33. The van der Waals surface area contributed by atoms with E-state index in [-0.39, 0.29) is 5.69 Å². The normalized spacial score (nSPS) is 10.5. The first-order valence-electron chi connectivity index (χ1n) is 7.87. The molecule has 0 spiro atoms. The number of halogens is 2. The first-order chi connectivity index (χ1) is 12.4. The molecule has 5 nitrogen and oxygen atoms in total. The number of aromatic nitrogens is 2. The van der Waals surface area contributed by atoms with Crippen LogP contribution in [0.4, 0.5) is 26.0 Å². The second kappa shape index (κ2) is 7.26. The van der Waals surface area contributed by atoms with Crippen LogP contribution in [0.25, 0.3) is 0 Å². The number of rotatable bonds is 4. The van der Waals surface area contributed by atoms with Crippen molar-refractivity contribution in [3.8, 4) is 0 Å². The summed E-state index contributed by atoms with van der Waals surface area (Å²) in [5.74, 6) is -1.70. The number of carbonyl (C=O) groups is 1. The van der Waals surface area contributed by atoms with Gasteiger partial charge in [0.25, 0.3) is 5.91 Å². The predicted molar refractivity (Wildman–Crippen MR) is 95.5 cm³/mol. The average molecular weight is 354 g/mol. The van der Waals surface area contributed by atoms with Gasteiger partial charge >= 0.3 is 0 Å². The molecule has 7 heteroatoms. The lowest BCUT2D eigenvalue weighted by atomic mass is 10.2. The molecule has 2 aromatic carbocycles. The van der Waals surface area contributed by atoms with Crippen molar-refractivity contribution in [3.63, 3.8) is 0 Å². The van der Waals surface area contributed by atoms with Gasteiger partial charge in [-0.05, 0) is 38.1 Å². The summed E-state index contributed by atoms with van der Waals surface area (Å²) in [6, 6.07) is 12.4. The summed E-state index contributed by atoms with van der Waals surface area (Å²) in [5.41, 5.74) is 1.39. The zero-order valence-corrected chi connectivity index (χ0v) is 14.2. The van der Waals surface area contributed by atoms with Crippen LogP contribution in [0.1, 0.15) is 21.9 Å². The maximum atomic E-state index is 13.7. The van der Waals surface area contributed by atoms with Gasteiger partial charge in [0.05, 0.1) is 0 Å². The van der Waals surface area contributed by atoms with Crippen LogP contribution >= 0.6 is 0 Å². The van der Waals surface area contributed by atoms with Gasteiger partial charge < -0.3 is 10.6 Å². The molecule has 1 aromatic heterocycles. The number of hydrogen-bond acceptors (Lipinski definition) is 4. The molecular weight excluding hydrogens is 338 g/mol. The fourth-order valence-corrected chi connectivity index (χ4v) is 2.33. The zero-order chi connectivity index (χ0) is 18.7. The fraction of sp³-hybridized carbons (Fsp3) is 0.105. The third-order valence-corrected chi connectivity index (χ3v) is 3.60. The third-order valence-electron chi connectivity index (χ3n) is 3.60. The zero-order valence-electron chi connectivity index (χ0n) is 14.2. The van der Waals surface area contributed by atoms with E-state index in [0.29, 0.717) is 11.6 Å². The van der Waals surface area contributed by atoms with Gasteiger partial charge in [-0.15, -0.1) is 0 Å². The van der Waals surface area contributed by atoms with Crippen molar-refractivity contribution in [2.45, 2.75) is 13.8 Å². The first-order valence-corrected chi connectivity index (χ1v) is 7.87. The summed E-state index contributed by atoms with van der Waals surface area (Å²) in [6.45, 7) is 3.60. The van der Waals surface area contributed by atoms with E-state index < -0.39 is 23.2 Å². The predicted octanol–water partition coefficient (Wildman–Crippen LogP) is 4.37. The molecule has 0 fully saturated rings. The largest absolute Gasteiger partial charge is 0.340 e. The summed E-state index contributed by atoms with van der Waals surface area (Å²) in [5, 5.41) is 5.29. The Morgan fingerprint density at radius 1 is 0.962 bits per heavy atom. The standard InChI is InChI=1S/C19H16F2N4O/c1-11-6-8-13(9-7-11)24-17-10-16(22-12(2)23-17)19(26)25-18-14(20)4-3-5-15(18)21/h3-10H,1-2H3,(H,25,26)(H,22,23,24). The molecule has 132 valence electrons. The second-order valence-corrected chi connectivity index (χ2v) is 5.73. The van der Waals surface area contributed by atoms with Gasteiger partial charge in [-0.3, -0.25) is 4.79 Å². The number of nitrogens with one attached hydrogen (secondary N) is 2. The van der Waals surface area contributed by atoms with Gasteiger partial charge in [0, 0.05) is 11.8 Å². The molecule has 0 atom stereocenters. The Balaban J connectivity index is 1.84. The van der Waals surface area contributed by atoms with E-state index in [1.807, 2.05) is 31.2 Å². The molecule has 0 aliphatic rings. The van der Waals surface area contributed by atoms with Gasteiger partial charge in [0.15, 0.2) is 0 Å². The van der Waals surface area contributed by atoms with Crippen molar-refractivity contribution >= 4 is 23.1 Å². The number of amides is 1. The lowest BCUT2D eigenvalue weighted by Crippen LogP contribution is -2.17. The van der Waals surface area contributed by atoms with Crippen LogP contribution in [-0.4, -0.2) is 15.9 Å². The van der Waals surface area contributed by atoms with E-state index in [1.54, 1.807) is 6.92 Å². The van der Waals surface area contributed by atoms with Crippen LogP contribution in [0.15, 0.2) is 48.5 Å². The Morgan fingerprint density at radius 2 is 1.62 bits per heavy atom. The monoisotopic (exact) mass is 354 g/mol. The molecule has 0 aliphatic heterocycles. The SMILES string of the molecule is Cc1ccc(Nc2cc(C(=O)Nc3c(F)cccc3F)nc(C)n2)cc1. The minimum atomic E-state index is -0.859. The van der Waals surface area contributed by atoms with Crippen molar-refractivity contribution in [2.75, 3.05) is 10.6 Å². The average Bonchev–Trinajstić information content (AvgIpc) is 2.59. The maximum absolute atomic E-state index is 13.7. The van der Waals surface area contributed by atoms with Crippen molar-refractivity contribution in [1.29, 1.82) is 0 Å². The van der Waals surface area contributed by atoms with Crippen LogP contribution < -0.4 is 10.6 Å². The van der Waals surface area contributed by atoms with Crippen LogP contribution in [0.2, 0.25) is 0 Å². The molecule has 3 rings (SSSR count). The van der Waals surface area contributed by atoms with Crippen molar-refractivity contribution in [3.05, 3.63) is 77.2 Å². The highest BCUT2D eigenvalue weighted by Gasteiger charge is 2.16. The second-order valence-electron chi connectivity index (χ2n) is 5.73. The van der Waals surface area contributed by atoms with Gasteiger partial charge in [0.2, 0.25) is 0 Å². The number of carbonyl (C=O) groups excluding carboxylic acids is 1. The van der Waals surface area contributed by atoms with Crippen molar-refractivity contribution in [2.24, 2.45) is 0 Å². The van der Waals surface area contributed by atoms with Crippen LogP contribution in [-0.2, 0) is 0 Å². The summed E-state index contributed by atoms with van der Waals surface area (Å²) in [4.78, 5) is 20.6. The maximum Gasteiger partial charge on any atom is 0.274 e. The molecule has 0 aliphatic carbocycles. The van der Waals surface area contributed by atoms with Gasteiger partial charge in [-0.2, -0.15) is 0 Å². The van der Waals surface area contributed by atoms with E-state index in [1.165, 1.54) is 12.1 Å². The Bertz CT molecular complexity index is 938. The van der Waals surface area contributed by atoms with E-state index in [0.717, 1.165) is 23.4 Å². The van der Waals surface area contributed by atoms with Crippen molar-refractivity contribution < 1.29 is 13.6 Å². The minimum Gasteiger partial charge on any atom is -0.340 e. The van der Waals surface area contributed by atoms with E-state index in [9.17, 15) is 13.6 Å². The molecular formula is C19H16F2N4O. The lowest BCUT2D eigenvalue weighted by Gasteiger charge is -2.10. The molecule has 0 unspecified atom stereocenters. The highest BCUT2D eigenvalue weighted by Crippen LogP contribution is 2.20. The summed E-state index contributed by atoms with van der Waals surface area (Å²) < 4.78 is 27.4. The van der Waals surface area contributed by atoms with Crippen LogP contribution in [0.5, 0.6) is 0 Å². The van der Waals surface area contributed by atoms with E-state index >= 15 is 0 Å². The number of para-hydroxylation sites is 1. The number of aryl methyl sites for hydroxylation is 2. The van der Waals surface area contributed by atoms with Gasteiger partial charge in [-0.25, -0.2) is 18.7 Å². The molecule has 3 aromatic rings. The molecule has 0 bridgehead atoms. The number of anilines is 3. The number of hydrogen-bond donors (Lipinski definition) is 2. The lowest BCUT2D eigenvalue weighted by molar-refractivity contribution is 0.102. The topological polar surface area (TPSA) is 66.9 Å². The molecule has 0 saturated heterocycles. The van der Waals surface area contributed by atoms with Gasteiger partial charge in [0.1, 0.15) is 34.7 Å². The Labute approximate surface area is 149 Å². The molecule has 0 radical (unpaired) electrons. The van der Waals surface area contributed by atoms with Crippen LogP contribution in [0, 0.1) is 25.5 Å². The molecule has 1 amide bonds. The number of benzene rings is 2. The summed E-state index contributed by atoms with van der Waals surface area (Å²) in [6.07, 6.45) is 0. The minimum absolute atomic E-state index is 0.00485. The number of nitrogens with zero attached hydrogens (tertiary/aromatic N) is 2. The molecule has 2 N–H and O–H groups in total. The molecule has 1 heterocycles. The van der Waals surface area contributed by atoms with E-state index in [2.05, 4.69) is 20.6 Å². The highest BCUT2D eigenvalue weighted by atomic mass is 19.1. The summed E-state index contributed by atoms with van der Waals surface area (Å²) in [7, 11) is 0. The van der Waals surface area contributed by atoms with Crippen LogP contribution in [0.3, 0.4) is 0 Å². The Kier molecular flexibility index (Phi) is 4.88. The highest BCUT2D eigenvalue weighted by molar-refractivity contribution is 6.03. The molecule has 0 saturated carbocycles. The Morgan fingerprint density at radius 3 is 2.27 bits per heavy atom. The molecule has 26 heavy (non-hydrogen) atoms. The van der Waals surface area contributed by atoms with E-state index in [4.69, 9.17) is 0 Å².